The molecule has 0 bridgehead atoms. The number of anilines is 1. The molecule has 1 atom stereocenters. The summed E-state index contributed by atoms with van der Waals surface area (Å²) in [5.74, 6) is 1.42. The van der Waals surface area contributed by atoms with Crippen LogP contribution in [0.2, 0.25) is 0 Å². The maximum Gasteiger partial charge on any atom is 0.254 e. The first-order chi connectivity index (χ1) is 14.0. The van der Waals surface area contributed by atoms with Crippen molar-refractivity contribution in [1.29, 1.82) is 0 Å². The van der Waals surface area contributed by atoms with Gasteiger partial charge in [0.05, 0.1) is 27.5 Å². The number of aromatic nitrogens is 2. The Hall–Kier alpha value is -3.49. The number of allylic oxidation sites excluding steroid dienone is 2. The lowest BCUT2D eigenvalue weighted by Crippen LogP contribution is -2.32. The third-order valence-corrected chi connectivity index (χ3v) is 5.33. The van der Waals surface area contributed by atoms with Gasteiger partial charge in [0.25, 0.3) is 5.91 Å². The van der Waals surface area contributed by atoms with Crippen molar-refractivity contribution >= 4 is 17.5 Å². The molecule has 0 saturated heterocycles. The van der Waals surface area contributed by atoms with E-state index in [0.717, 1.165) is 12.1 Å². The van der Waals surface area contributed by atoms with E-state index in [2.05, 4.69) is 10.4 Å². The first kappa shape index (κ1) is 18.9. The lowest BCUT2D eigenvalue weighted by atomic mass is 9.85. The first-order valence-corrected chi connectivity index (χ1v) is 9.20. The number of ketones is 1. The number of nitrogens with one attached hydrogen (secondary N) is 1. The van der Waals surface area contributed by atoms with Gasteiger partial charge in [-0.1, -0.05) is 0 Å². The number of hydrogen-bond acceptors (Lipinski definition) is 7. The second-order valence-corrected chi connectivity index (χ2v) is 6.86. The number of amides is 1. The second-order valence-electron chi connectivity index (χ2n) is 6.86. The van der Waals surface area contributed by atoms with Crippen molar-refractivity contribution in [1.82, 2.24) is 9.78 Å². The van der Waals surface area contributed by atoms with E-state index in [9.17, 15) is 9.59 Å². The molecular weight excluding hydrogens is 376 g/mol. The minimum absolute atomic E-state index is 0.0300. The van der Waals surface area contributed by atoms with Gasteiger partial charge in [0.1, 0.15) is 23.2 Å². The Morgan fingerprint density at radius 2 is 1.83 bits per heavy atom. The van der Waals surface area contributed by atoms with Gasteiger partial charge in [-0.2, -0.15) is 5.10 Å². The Morgan fingerprint density at radius 1 is 1.14 bits per heavy atom. The Balaban J connectivity index is 1.99. The summed E-state index contributed by atoms with van der Waals surface area (Å²) in [4.78, 5) is 24.8. The number of primary amides is 1. The van der Waals surface area contributed by atoms with Crippen LogP contribution in [0.1, 0.15) is 41.2 Å². The van der Waals surface area contributed by atoms with Crippen molar-refractivity contribution in [3.05, 3.63) is 40.7 Å². The van der Waals surface area contributed by atoms with Gasteiger partial charge in [-0.05, 0) is 18.9 Å². The van der Waals surface area contributed by atoms with E-state index in [4.69, 9.17) is 19.9 Å². The van der Waals surface area contributed by atoms with Gasteiger partial charge in [0.2, 0.25) is 0 Å². The molecule has 152 valence electrons. The molecule has 1 aliphatic heterocycles. The first-order valence-electron chi connectivity index (χ1n) is 9.20. The molecule has 3 N–H and O–H groups in total. The van der Waals surface area contributed by atoms with E-state index < -0.39 is 11.9 Å². The number of hydrogen-bond donors (Lipinski definition) is 2. The Labute approximate surface area is 167 Å². The maximum atomic E-state index is 12.9. The van der Waals surface area contributed by atoms with Gasteiger partial charge in [-0.3, -0.25) is 9.59 Å². The lowest BCUT2D eigenvalue weighted by Gasteiger charge is -2.34. The van der Waals surface area contributed by atoms with Crippen LogP contribution in [0.15, 0.2) is 29.6 Å². The molecule has 4 rings (SSSR count). The predicted molar refractivity (Wildman–Crippen MR) is 104 cm³/mol. The highest BCUT2D eigenvalue weighted by Gasteiger charge is 2.39. The SMILES string of the molecule is COc1cc(OC)c([C@H]2C3=C(CCCC3=O)Nc3c(C(N)=O)cnn32)cc1OC. The largest absolute Gasteiger partial charge is 0.496 e. The normalized spacial score (nSPS) is 17.9. The smallest absolute Gasteiger partial charge is 0.254 e. The number of benzene rings is 1. The topological polar surface area (TPSA) is 118 Å². The molecule has 2 heterocycles. The van der Waals surface area contributed by atoms with Crippen LogP contribution < -0.4 is 25.3 Å². The van der Waals surface area contributed by atoms with Crippen LogP contribution in [0.5, 0.6) is 17.2 Å². The second kappa shape index (κ2) is 7.16. The third-order valence-electron chi connectivity index (χ3n) is 5.33. The van der Waals surface area contributed by atoms with Crippen molar-refractivity contribution in [2.24, 2.45) is 5.73 Å². The zero-order chi connectivity index (χ0) is 20.7. The van der Waals surface area contributed by atoms with Gasteiger partial charge in [0, 0.05) is 29.3 Å². The molecule has 2 aromatic rings. The van der Waals surface area contributed by atoms with Crippen LogP contribution in [-0.4, -0.2) is 42.8 Å². The zero-order valence-electron chi connectivity index (χ0n) is 16.4. The van der Waals surface area contributed by atoms with Crippen molar-refractivity contribution in [3.63, 3.8) is 0 Å². The summed E-state index contributed by atoms with van der Waals surface area (Å²) in [6.45, 7) is 0. The molecule has 1 aromatic heterocycles. The van der Waals surface area contributed by atoms with Crippen molar-refractivity contribution in [3.8, 4) is 17.2 Å². The maximum absolute atomic E-state index is 12.9. The molecular formula is C20H22N4O5. The van der Waals surface area contributed by atoms with Crippen molar-refractivity contribution in [2.75, 3.05) is 26.6 Å². The molecule has 9 nitrogen and oxygen atoms in total. The summed E-state index contributed by atoms with van der Waals surface area (Å²) in [6.07, 6.45) is 3.29. The molecule has 1 aliphatic carbocycles. The number of carbonyl (C=O) groups excluding carboxylic acids is 2. The van der Waals surface area contributed by atoms with Crippen LogP contribution >= 0.6 is 0 Å². The fourth-order valence-corrected chi connectivity index (χ4v) is 3.99. The number of fused-ring (bicyclic) bond motifs is 1. The highest BCUT2D eigenvalue weighted by molar-refractivity contribution is 6.02. The Kier molecular flexibility index (Phi) is 4.65. The van der Waals surface area contributed by atoms with Crippen LogP contribution in [0.3, 0.4) is 0 Å². The van der Waals surface area contributed by atoms with Gasteiger partial charge in [0.15, 0.2) is 17.3 Å². The van der Waals surface area contributed by atoms with E-state index in [1.807, 2.05) is 0 Å². The highest BCUT2D eigenvalue weighted by atomic mass is 16.5. The molecule has 1 amide bonds. The number of ether oxygens (including phenoxy) is 3. The Morgan fingerprint density at radius 3 is 2.48 bits per heavy atom. The average molecular weight is 398 g/mol. The zero-order valence-corrected chi connectivity index (χ0v) is 16.4. The summed E-state index contributed by atoms with van der Waals surface area (Å²) in [7, 11) is 4.62. The van der Waals surface area contributed by atoms with E-state index >= 15 is 0 Å². The molecule has 9 heteroatoms. The minimum atomic E-state index is -0.594. The molecule has 0 fully saturated rings. The number of methoxy groups -OCH3 is 3. The third kappa shape index (κ3) is 2.89. The number of rotatable bonds is 5. The van der Waals surface area contributed by atoms with Gasteiger partial charge < -0.3 is 25.3 Å². The fraction of sp³-hybridized carbons (Fsp3) is 0.350. The standard InChI is InChI=1S/C20H22N4O5/c1-27-14-8-16(29-3)15(28-2)7-10(14)18-17-12(5-4-6-13(17)25)23-20-11(19(21)26)9-22-24(18)20/h7-9,18,23H,4-6H2,1-3H3,(H2,21,26)/t18-/m0/s1. The number of nitrogens with two attached hydrogens (primary N) is 1. The van der Waals surface area contributed by atoms with Gasteiger partial charge >= 0.3 is 0 Å². The number of nitrogens with zero attached hydrogens (tertiary/aromatic N) is 2. The summed E-state index contributed by atoms with van der Waals surface area (Å²) in [6, 6.07) is 2.90. The molecule has 1 aromatic carbocycles. The summed E-state index contributed by atoms with van der Waals surface area (Å²) in [5.41, 5.74) is 7.85. The van der Waals surface area contributed by atoms with Crippen LogP contribution in [0, 0.1) is 0 Å². The lowest BCUT2D eigenvalue weighted by molar-refractivity contribution is -0.116. The summed E-state index contributed by atoms with van der Waals surface area (Å²) < 4.78 is 18.0. The van der Waals surface area contributed by atoms with E-state index in [1.54, 1.807) is 23.9 Å². The highest BCUT2D eigenvalue weighted by Crippen LogP contribution is 2.46. The van der Waals surface area contributed by atoms with Crippen molar-refractivity contribution < 1.29 is 23.8 Å². The van der Waals surface area contributed by atoms with Gasteiger partial charge in [-0.25, -0.2) is 4.68 Å². The molecule has 0 saturated carbocycles. The quantitative estimate of drug-likeness (QED) is 0.791. The van der Waals surface area contributed by atoms with E-state index in [-0.39, 0.29) is 11.3 Å². The number of Topliss-reactive ketones (excluding diaryl/α,β-unsaturated/α-hetero) is 1. The average Bonchev–Trinajstić information content (AvgIpc) is 3.15. The fourth-order valence-electron chi connectivity index (χ4n) is 3.99. The predicted octanol–water partition coefficient (Wildman–Crippen LogP) is 2.03. The molecule has 0 radical (unpaired) electrons. The molecule has 29 heavy (non-hydrogen) atoms. The summed E-state index contributed by atoms with van der Waals surface area (Å²) in [5, 5.41) is 7.58. The summed E-state index contributed by atoms with van der Waals surface area (Å²) >= 11 is 0. The van der Waals surface area contributed by atoms with Crippen molar-refractivity contribution in [2.45, 2.75) is 25.3 Å². The minimum Gasteiger partial charge on any atom is -0.496 e. The van der Waals surface area contributed by atoms with Crippen LogP contribution in [0.25, 0.3) is 0 Å². The van der Waals surface area contributed by atoms with Crippen LogP contribution in [-0.2, 0) is 4.79 Å². The molecule has 2 aliphatic rings. The van der Waals surface area contributed by atoms with Gasteiger partial charge in [-0.15, -0.1) is 0 Å². The van der Waals surface area contributed by atoms with E-state index in [1.165, 1.54) is 20.4 Å². The van der Waals surface area contributed by atoms with Crippen LogP contribution in [0.4, 0.5) is 5.82 Å². The molecule has 0 spiro atoms. The molecule has 0 unspecified atom stereocenters. The Bertz CT molecular complexity index is 1040. The van der Waals surface area contributed by atoms with E-state index in [0.29, 0.717) is 47.0 Å². The number of carbonyl (C=O) groups is 2. The monoisotopic (exact) mass is 398 g/mol.